The Morgan fingerprint density at radius 1 is 1.10 bits per heavy atom. The highest BCUT2D eigenvalue weighted by Gasteiger charge is 2.17. The number of halogens is 3. The molecule has 2 nitrogen and oxygen atoms in total. The van der Waals surface area contributed by atoms with Gasteiger partial charge in [-0.1, -0.05) is 45.2 Å². The first-order valence-electron chi connectivity index (χ1n) is 6.72. The Hall–Kier alpha value is -0.740. The molecule has 3 rings (SSSR count). The van der Waals surface area contributed by atoms with Gasteiger partial charge < -0.3 is 10.1 Å². The number of hydrogen-bond acceptors (Lipinski definition) is 2. The van der Waals surface area contributed by atoms with Gasteiger partial charge in [0.05, 0.1) is 16.7 Å². The molecule has 5 heteroatoms. The Bertz CT molecular complexity index is 676. The zero-order chi connectivity index (χ0) is 14.8. The summed E-state index contributed by atoms with van der Waals surface area (Å²) in [7, 11) is 0. The highest BCUT2D eigenvalue weighted by atomic mass is 79.9. The van der Waals surface area contributed by atoms with E-state index in [0.29, 0.717) is 10.0 Å². The van der Waals surface area contributed by atoms with Gasteiger partial charge in [-0.25, -0.2) is 0 Å². The molecule has 0 spiro atoms. The molecule has 0 saturated carbocycles. The molecule has 0 saturated heterocycles. The molecule has 0 radical (unpaired) electrons. The molecule has 1 aliphatic heterocycles. The van der Waals surface area contributed by atoms with Crippen LogP contribution in [-0.4, -0.2) is 6.61 Å². The van der Waals surface area contributed by atoms with E-state index in [2.05, 4.69) is 33.4 Å². The van der Waals surface area contributed by atoms with Crippen molar-refractivity contribution in [2.45, 2.75) is 19.5 Å². The number of nitrogens with one attached hydrogen (secondary N) is 1. The molecule has 21 heavy (non-hydrogen) atoms. The third-order valence-corrected chi connectivity index (χ3v) is 4.65. The summed E-state index contributed by atoms with van der Waals surface area (Å²) in [6, 6.07) is 9.92. The minimum absolute atomic E-state index is 0.582. The summed E-state index contributed by atoms with van der Waals surface area (Å²) < 4.78 is 6.82. The molecular weight excluding hydrogens is 373 g/mol. The van der Waals surface area contributed by atoms with Crippen molar-refractivity contribution in [2.75, 3.05) is 6.61 Å². The summed E-state index contributed by atoms with van der Waals surface area (Å²) in [5.74, 6) is 1.03. The van der Waals surface area contributed by atoms with Crippen molar-refractivity contribution in [3.05, 3.63) is 61.5 Å². The van der Waals surface area contributed by atoms with E-state index in [0.717, 1.165) is 41.9 Å². The van der Waals surface area contributed by atoms with Gasteiger partial charge in [-0.2, -0.15) is 0 Å². The Kier molecular flexibility index (Phi) is 4.75. The number of rotatable bonds is 4. The lowest BCUT2D eigenvalue weighted by molar-refractivity contribution is 0.352. The van der Waals surface area contributed by atoms with Crippen LogP contribution >= 0.6 is 39.1 Å². The number of fused-ring (bicyclic) bond motifs is 1. The predicted molar refractivity (Wildman–Crippen MR) is 90.3 cm³/mol. The van der Waals surface area contributed by atoms with E-state index in [1.165, 1.54) is 11.1 Å². The summed E-state index contributed by atoms with van der Waals surface area (Å²) >= 11 is 15.5. The number of benzene rings is 2. The minimum Gasteiger partial charge on any atom is -0.493 e. The first-order chi connectivity index (χ1) is 10.1. The average molecular weight is 387 g/mol. The van der Waals surface area contributed by atoms with Gasteiger partial charge in [0, 0.05) is 29.5 Å². The maximum absolute atomic E-state index is 6.02. The molecule has 0 unspecified atom stereocenters. The second-order valence-electron chi connectivity index (χ2n) is 5.00. The minimum atomic E-state index is 0.582. The van der Waals surface area contributed by atoms with Crippen molar-refractivity contribution in [1.82, 2.24) is 5.32 Å². The van der Waals surface area contributed by atoms with Crippen LogP contribution in [0, 0.1) is 0 Å². The molecular formula is C16H14BrCl2NO. The second kappa shape index (κ2) is 6.57. The summed E-state index contributed by atoms with van der Waals surface area (Å²) in [5.41, 5.74) is 3.56. The standard InChI is InChI=1S/C16H14BrCl2NO/c17-13-6-11-3-4-21-16(11)12(7-13)9-20-8-10-1-2-14(18)15(19)5-10/h1-2,5-7,20H,3-4,8-9H2. The Morgan fingerprint density at radius 2 is 1.95 bits per heavy atom. The molecule has 110 valence electrons. The lowest BCUT2D eigenvalue weighted by Crippen LogP contribution is -2.13. The maximum atomic E-state index is 6.02. The summed E-state index contributed by atoms with van der Waals surface area (Å²) in [6.45, 7) is 2.26. The molecule has 0 aromatic heterocycles. The van der Waals surface area contributed by atoms with Gasteiger partial charge in [0.1, 0.15) is 5.75 Å². The fourth-order valence-electron chi connectivity index (χ4n) is 2.47. The van der Waals surface area contributed by atoms with Gasteiger partial charge in [0.2, 0.25) is 0 Å². The van der Waals surface area contributed by atoms with Crippen molar-refractivity contribution in [2.24, 2.45) is 0 Å². The molecule has 2 aromatic rings. The van der Waals surface area contributed by atoms with Gasteiger partial charge in [-0.3, -0.25) is 0 Å². The van der Waals surface area contributed by atoms with Gasteiger partial charge in [-0.05, 0) is 35.4 Å². The summed E-state index contributed by atoms with van der Waals surface area (Å²) in [5, 5.41) is 4.59. The molecule has 0 bridgehead atoms. The lowest BCUT2D eigenvalue weighted by atomic mass is 10.1. The first kappa shape index (κ1) is 15.2. The van der Waals surface area contributed by atoms with E-state index in [1.54, 1.807) is 0 Å². The van der Waals surface area contributed by atoms with Gasteiger partial charge >= 0.3 is 0 Å². The second-order valence-corrected chi connectivity index (χ2v) is 6.73. The van der Waals surface area contributed by atoms with E-state index < -0.39 is 0 Å². The molecule has 1 N–H and O–H groups in total. The van der Waals surface area contributed by atoms with Crippen LogP contribution in [0.2, 0.25) is 10.0 Å². The van der Waals surface area contributed by atoms with Crippen molar-refractivity contribution in [3.63, 3.8) is 0 Å². The van der Waals surface area contributed by atoms with E-state index in [1.807, 2.05) is 18.2 Å². The van der Waals surface area contributed by atoms with Crippen LogP contribution in [0.1, 0.15) is 16.7 Å². The van der Waals surface area contributed by atoms with Crippen molar-refractivity contribution in [1.29, 1.82) is 0 Å². The van der Waals surface area contributed by atoms with Crippen molar-refractivity contribution in [3.8, 4) is 5.75 Å². The third-order valence-electron chi connectivity index (χ3n) is 3.45. The molecule has 0 aliphatic carbocycles. The molecule has 2 aromatic carbocycles. The van der Waals surface area contributed by atoms with E-state index in [-0.39, 0.29) is 0 Å². The smallest absolute Gasteiger partial charge is 0.127 e. The topological polar surface area (TPSA) is 21.3 Å². The molecule has 1 heterocycles. The number of hydrogen-bond donors (Lipinski definition) is 1. The normalized spacial score (nSPS) is 13.1. The molecule has 0 atom stereocenters. The van der Waals surface area contributed by atoms with Crippen LogP contribution in [0.5, 0.6) is 5.75 Å². The Balaban J connectivity index is 1.67. The largest absolute Gasteiger partial charge is 0.493 e. The zero-order valence-electron chi connectivity index (χ0n) is 11.3. The monoisotopic (exact) mass is 385 g/mol. The van der Waals surface area contributed by atoms with Crippen LogP contribution < -0.4 is 10.1 Å². The highest BCUT2D eigenvalue weighted by Crippen LogP contribution is 2.33. The maximum Gasteiger partial charge on any atom is 0.127 e. The van der Waals surface area contributed by atoms with Gasteiger partial charge in [-0.15, -0.1) is 0 Å². The predicted octanol–water partition coefficient (Wildman–Crippen LogP) is 4.98. The van der Waals surface area contributed by atoms with Crippen LogP contribution in [-0.2, 0) is 19.5 Å². The SMILES string of the molecule is Clc1ccc(CNCc2cc(Br)cc3c2OCC3)cc1Cl. The van der Waals surface area contributed by atoms with E-state index >= 15 is 0 Å². The molecule has 0 amide bonds. The van der Waals surface area contributed by atoms with Gasteiger partial charge in [0.25, 0.3) is 0 Å². The number of ether oxygens (including phenoxy) is 1. The summed E-state index contributed by atoms with van der Waals surface area (Å²) in [6.07, 6.45) is 0.981. The van der Waals surface area contributed by atoms with Crippen molar-refractivity contribution < 1.29 is 4.74 Å². The van der Waals surface area contributed by atoms with Crippen LogP contribution in [0.4, 0.5) is 0 Å². The van der Waals surface area contributed by atoms with Crippen LogP contribution in [0.3, 0.4) is 0 Å². The van der Waals surface area contributed by atoms with Gasteiger partial charge in [0.15, 0.2) is 0 Å². The Morgan fingerprint density at radius 3 is 2.76 bits per heavy atom. The quantitative estimate of drug-likeness (QED) is 0.799. The van der Waals surface area contributed by atoms with E-state index in [9.17, 15) is 0 Å². The fraction of sp³-hybridized carbons (Fsp3) is 0.250. The summed E-state index contributed by atoms with van der Waals surface area (Å²) in [4.78, 5) is 0. The van der Waals surface area contributed by atoms with Crippen LogP contribution in [0.15, 0.2) is 34.8 Å². The van der Waals surface area contributed by atoms with Crippen LogP contribution in [0.25, 0.3) is 0 Å². The van der Waals surface area contributed by atoms with Crippen molar-refractivity contribution >= 4 is 39.1 Å². The molecule has 1 aliphatic rings. The molecule has 0 fully saturated rings. The third kappa shape index (κ3) is 3.54. The first-order valence-corrected chi connectivity index (χ1v) is 8.27. The zero-order valence-corrected chi connectivity index (χ0v) is 14.4. The van der Waals surface area contributed by atoms with E-state index in [4.69, 9.17) is 27.9 Å². The lowest BCUT2D eigenvalue weighted by Gasteiger charge is -2.11. The highest BCUT2D eigenvalue weighted by molar-refractivity contribution is 9.10. The fourth-order valence-corrected chi connectivity index (χ4v) is 3.34. The average Bonchev–Trinajstić information content (AvgIpc) is 2.91. The Labute approximate surface area is 142 Å².